The Labute approximate surface area is 263 Å². The topological polar surface area (TPSA) is 120 Å². The zero-order chi connectivity index (χ0) is 32.9. The lowest BCUT2D eigenvalue weighted by Gasteiger charge is -2.19. The Morgan fingerprint density at radius 1 is 0.587 bits per heavy atom. The Kier molecular flexibility index (Phi) is 7.73. The van der Waals surface area contributed by atoms with E-state index < -0.39 is 23.2 Å². The highest BCUT2D eigenvalue weighted by molar-refractivity contribution is 6.22. The van der Waals surface area contributed by atoms with E-state index in [-0.39, 0.29) is 35.5 Å². The van der Waals surface area contributed by atoms with E-state index >= 15 is 0 Å². The van der Waals surface area contributed by atoms with Gasteiger partial charge in [-0.05, 0) is 83.9 Å². The van der Waals surface area contributed by atoms with Crippen molar-refractivity contribution in [2.24, 2.45) is 0 Å². The summed E-state index contributed by atoms with van der Waals surface area (Å²) in [5, 5.41) is 3.95. The van der Waals surface area contributed by atoms with Crippen molar-refractivity contribution < 1.29 is 27.9 Å². The minimum absolute atomic E-state index is 0.0929. The van der Waals surface area contributed by atoms with Crippen LogP contribution in [0.15, 0.2) is 79.1 Å². The first-order valence-electron chi connectivity index (χ1n) is 14.8. The zero-order valence-electron chi connectivity index (χ0n) is 26.3. The van der Waals surface area contributed by atoms with E-state index in [1.165, 1.54) is 12.1 Å². The average molecular weight is 621 g/mol. The van der Waals surface area contributed by atoms with Crippen molar-refractivity contribution >= 4 is 66.8 Å². The SMILES string of the molecule is CCOC(=O)c1cc2cc3ccc(N(C)C)cc3c(-c3c4cc(N(C)C)ccc4cc4cc(C(=O)OCC)c(=O)oc34)c2oc1=O. The molecule has 10 heteroatoms. The van der Waals surface area contributed by atoms with Crippen LogP contribution in [-0.2, 0) is 9.47 Å². The van der Waals surface area contributed by atoms with E-state index in [0.29, 0.717) is 32.7 Å². The first-order valence-corrected chi connectivity index (χ1v) is 14.8. The van der Waals surface area contributed by atoms with Gasteiger partial charge >= 0.3 is 23.2 Å². The van der Waals surface area contributed by atoms with Crippen LogP contribution >= 0.6 is 0 Å². The summed E-state index contributed by atoms with van der Waals surface area (Å²) >= 11 is 0. The predicted octanol–water partition coefficient (Wildman–Crippen LogP) is 6.36. The highest BCUT2D eigenvalue weighted by Crippen LogP contribution is 2.45. The largest absolute Gasteiger partial charge is 0.462 e. The quantitative estimate of drug-likeness (QED) is 0.113. The van der Waals surface area contributed by atoms with Crippen molar-refractivity contribution in [2.75, 3.05) is 51.2 Å². The van der Waals surface area contributed by atoms with E-state index in [2.05, 4.69) is 0 Å². The lowest BCUT2D eigenvalue weighted by atomic mass is 9.89. The number of ether oxygens (including phenoxy) is 2. The molecule has 0 bridgehead atoms. The van der Waals surface area contributed by atoms with Gasteiger partial charge in [0.05, 0.1) is 13.2 Å². The normalized spacial score (nSPS) is 11.3. The zero-order valence-corrected chi connectivity index (χ0v) is 26.3. The maximum absolute atomic E-state index is 13.3. The van der Waals surface area contributed by atoms with Crippen LogP contribution in [0.5, 0.6) is 0 Å². The van der Waals surface area contributed by atoms with Gasteiger partial charge in [0, 0.05) is 61.5 Å². The fourth-order valence-electron chi connectivity index (χ4n) is 5.69. The smallest absolute Gasteiger partial charge is 0.351 e. The molecule has 6 rings (SSSR count). The molecule has 0 amide bonds. The van der Waals surface area contributed by atoms with Crippen molar-refractivity contribution in [3.05, 3.63) is 92.6 Å². The lowest BCUT2D eigenvalue weighted by molar-refractivity contribution is 0.0512. The molecule has 0 aliphatic heterocycles. The first-order chi connectivity index (χ1) is 22.0. The van der Waals surface area contributed by atoms with E-state index in [4.69, 9.17) is 18.3 Å². The third-order valence-corrected chi connectivity index (χ3v) is 7.92. The molecule has 46 heavy (non-hydrogen) atoms. The molecule has 2 aromatic heterocycles. The van der Waals surface area contributed by atoms with E-state index in [1.807, 2.05) is 86.5 Å². The number of nitrogens with zero attached hydrogens (tertiary/aromatic N) is 2. The summed E-state index contributed by atoms with van der Waals surface area (Å²) in [4.78, 5) is 56.0. The van der Waals surface area contributed by atoms with Crippen LogP contribution in [0.25, 0.3) is 54.6 Å². The Balaban J connectivity index is 1.86. The third-order valence-electron chi connectivity index (χ3n) is 7.92. The van der Waals surface area contributed by atoms with E-state index in [9.17, 15) is 19.2 Å². The fraction of sp³-hybridized carbons (Fsp3) is 0.222. The number of rotatable bonds is 7. The molecule has 6 aromatic rings. The van der Waals surface area contributed by atoms with Crippen LogP contribution in [0.3, 0.4) is 0 Å². The summed E-state index contributed by atoms with van der Waals surface area (Å²) in [6.45, 7) is 3.50. The van der Waals surface area contributed by atoms with Gasteiger partial charge in [-0.25, -0.2) is 19.2 Å². The third kappa shape index (κ3) is 5.11. The van der Waals surface area contributed by atoms with Gasteiger partial charge in [-0.15, -0.1) is 0 Å². The summed E-state index contributed by atoms with van der Waals surface area (Å²) in [6.07, 6.45) is 0. The molecule has 0 saturated carbocycles. The number of esters is 2. The van der Waals surface area contributed by atoms with Crippen molar-refractivity contribution in [2.45, 2.75) is 13.8 Å². The summed E-state index contributed by atoms with van der Waals surface area (Å²) in [7, 11) is 7.67. The number of hydrogen-bond donors (Lipinski definition) is 0. The number of carbonyl (C=O) groups is 2. The van der Waals surface area contributed by atoms with Crippen LogP contribution in [0.1, 0.15) is 34.6 Å². The Bertz CT molecular complexity index is 2170. The van der Waals surface area contributed by atoms with Gasteiger partial charge in [0.1, 0.15) is 22.3 Å². The first kappa shape index (κ1) is 30.4. The Morgan fingerprint density at radius 3 is 1.33 bits per heavy atom. The predicted molar refractivity (Wildman–Crippen MR) is 180 cm³/mol. The summed E-state index contributed by atoms with van der Waals surface area (Å²) in [5.41, 5.74) is 0.946. The fourth-order valence-corrected chi connectivity index (χ4v) is 5.69. The molecule has 0 spiro atoms. The molecule has 0 aliphatic carbocycles. The standard InChI is InChI=1S/C36H32N2O8/c1-7-43-33(39)27-15-21-13-19-9-11-23(37(3)4)17-25(19)29(31(21)45-35(27)41)30-26-18-24(38(5)6)12-10-20(26)14-22-16-28(34(40)44-8-2)36(42)46-32(22)30/h9-18H,7-8H2,1-6H3. The van der Waals surface area contributed by atoms with Crippen molar-refractivity contribution in [1.82, 2.24) is 0 Å². The number of anilines is 2. The van der Waals surface area contributed by atoms with Gasteiger partial charge in [-0.1, -0.05) is 12.1 Å². The average Bonchev–Trinajstić information content (AvgIpc) is 3.02. The highest BCUT2D eigenvalue weighted by atomic mass is 16.5. The van der Waals surface area contributed by atoms with Gasteiger partial charge in [0.2, 0.25) is 0 Å². The number of benzene rings is 4. The number of fused-ring (bicyclic) bond motifs is 4. The summed E-state index contributed by atoms with van der Waals surface area (Å²) in [5.74, 6) is -1.57. The minimum atomic E-state index is -0.861. The van der Waals surface area contributed by atoms with Gasteiger partial charge < -0.3 is 28.1 Å². The maximum atomic E-state index is 13.3. The molecule has 0 radical (unpaired) electrons. The van der Waals surface area contributed by atoms with E-state index in [0.717, 1.165) is 22.1 Å². The maximum Gasteiger partial charge on any atom is 0.351 e. The van der Waals surface area contributed by atoms with Gasteiger partial charge in [0.15, 0.2) is 0 Å². The monoisotopic (exact) mass is 620 g/mol. The molecule has 0 atom stereocenters. The molecule has 0 N–H and O–H groups in total. The molecule has 0 unspecified atom stereocenters. The van der Waals surface area contributed by atoms with Crippen molar-refractivity contribution in [3.8, 4) is 11.1 Å². The van der Waals surface area contributed by atoms with Crippen molar-refractivity contribution in [3.63, 3.8) is 0 Å². The van der Waals surface area contributed by atoms with Gasteiger partial charge in [-0.3, -0.25) is 0 Å². The molecular formula is C36H32N2O8. The molecule has 10 nitrogen and oxygen atoms in total. The number of hydrogen-bond acceptors (Lipinski definition) is 10. The molecule has 2 heterocycles. The Morgan fingerprint density at radius 2 is 0.978 bits per heavy atom. The van der Waals surface area contributed by atoms with Crippen LogP contribution in [0.2, 0.25) is 0 Å². The number of carbonyl (C=O) groups excluding carboxylic acids is 2. The van der Waals surface area contributed by atoms with Crippen LogP contribution < -0.4 is 21.1 Å². The summed E-state index contributed by atoms with van der Waals surface area (Å²) in [6, 6.07) is 18.3. The molecular weight excluding hydrogens is 588 g/mol. The lowest BCUT2D eigenvalue weighted by Crippen LogP contribution is -2.17. The molecule has 4 aromatic carbocycles. The second kappa shape index (κ2) is 11.7. The van der Waals surface area contributed by atoms with Gasteiger partial charge in [-0.2, -0.15) is 0 Å². The van der Waals surface area contributed by atoms with Crippen LogP contribution in [-0.4, -0.2) is 53.3 Å². The summed E-state index contributed by atoms with van der Waals surface area (Å²) < 4.78 is 22.2. The minimum Gasteiger partial charge on any atom is -0.462 e. The molecule has 0 saturated heterocycles. The molecule has 234 valence electrons. The van der Waals surface area contributed by atoms with Gasteiger partial charge in [0.25, 0.3) is 0 Å². The second-order valence-corrected chi connectivity index (χ2v) is 11.3. The molecule has 0 fully saturated rings. The molecule has 0 aliphatic rings. The van der Waals surface area contributed by atoms with Crippen LogP contribution in [0, 0.1) is 0 Å². The van der Waals surface area contributed by atoms with Crippen LogP contribution in [0.4, 0.5) is 11.4 Å². The van der Waals surface area contributed by atoms with E-state index in [1.54, 1.807) is 13.8 Å². The highest BCUT2D eigenvalue weighted by Gasteiger charge is 2.25. The Hall–Kier alpha value is -5.64. The van der Waals surface area contributed by atoms with Crippen molar-refractivity contribution in [1.29, 1.82) is 0 Å². The second-order valence-electron chi connectivity index (χ2n) is 11.3.